The zero-order valence-corrected chi connectivity index (χ0v) is 12.0. The molecule has 0 saturated carbocycles. The lowest BCUT2D eigenvalue weighted by molar-refractivity contribution is 0.102. The summed E-state index contributed by atoms with van der Waals surface area (Å²) in [4.78, 5) is 24.8. The summed E-state index contributed by atoms with van der Waals surface area (Å²) in [6, 6.07) is 6.99. The molecule has 3 aromatic rings. The summed E-state index contributed by atoms with van der Waals surface area (Å²) in [5.41, 5.74) is 0.589. The summed E-state index contributed by atoms with van der Waals surface area (Å²) in [6.07, 6.45) is 3.83. The number of carbonyl (C=O) groups excluding carboxylic acids is 1. The first-order valence-corrected chi connectivity index (χ1v) is 7.00. The maximum absolute atomic E-state index is 12.5. The number of rotatable bonds is 4. The van der Waals surface area contributed by atoms with Gasteiger partial charge >= 0.3 is 0 Å². The molecule has 2 heterocycles. The highest BCUT2D eigenvalue weighted by molar-refractivity contribution is 6.10. The van der Waals surface area contributed by atoms with Crippen molar-refractivity contribution in [2.24, 2.45) is 0 Å². The maximum Gasteiger partial charge on any atom is 0.276 e. The van der Waals surface area contributed by atoms with E-state index in [-0.39, 0.29) is 17.2 Å². The number of aromatic nitrogens is 4. The van der Waals surface area contributed by atoms with Gasteiger partial charge in [-0.25, -0.2) is 4.68 Å². The Labute approximate surface area is 126 Å². The van der Waals surface area contributed by atoms with Gasteiger partial charge in [0.25, 0.3) is 11.5 Å². The average molecular weight is 297 g/mol. The first kappa shape index (κ1) is 14.0. The van der Waals surface area contributed by atoms with Gasteiger partial charge < -0.3 is 5.32 Å². The van der Waals surface area contributed by atoms with Crippen LogP contribution in [-0.4, -0.2) is 25.9 Å². The molecule has 0 atom stereocenters. The van der Waals surface area contributed by atoms with Crippen LogP contribution in [-0.2, 0) is 6.54 Å². The minimum absolute atomic E-state index is 0.183. The number of benzene rings is 1. The van der Waals surface area contributed by atoms with Crippen molar-refractivity contribution in [3.8, 4) is 0 Å². The van der Waals surface area contributed by atoms with Crippen molar-refractivity contribution >= 4 is 22.4 Å². The molecule has 3 rings (SSSR count). The third-order valence-corrected chi connectivity index (χ3v) is 3.27. The molecule has 22 heavy (non-hydrogen) atoms. The summed E-state index contributed by atoms with van der Waals surface area (Å²) < 4.78 is 1.34. The Bertz CT molecular complexity index is 867. The lowest BCUT2D eigenvalue weighted by Crippen LogP contribution is -2.27. The predicted molar refractivity (Wildman–Crippen MR) is 82.8 cm³/mol. The number of hydrogen-bond donors (Lipinski definition) is 2. The molecule has 0 aliphatic heterocycles. The van der Waals surface area contributed by atoms with Crippen LogP contribution < -0.4 is 10.9 Å². The molecule has 0 radical (unpaired) electrons. The Morgan fingerprint density at radius 2 is 2.09 bits per heavy atom. The topological polar surface area (TPSA) is 92.7 Å². The van der Waals surface area contributed by atoms with E-state index in [0.29, 0.717) is 23.0 Å². The van der Waals surface area contributed by atoms with E-state index >= 15 is 0 Å². The summed E-state index contributed by atoms with van der Waals surface area (Å²) in [5, 5.41) is 14.4. The lowest BCUT2D eigenvalue weighted by atomic mass is 10.1. The van der Waals surface area contributed by atoms with Crippen LogP contribution in [0.4, 0.5) is 5.69 Å². The molecule has 0 aliphatic carbocycles. The second kappa shape index (κ2) is 5.80. The highest BCUT2D eigenvalue weighted by atomic mass is 16.2. The van der Waals surface area contributed by atoms with Gasteiger partial charge in [-0.15, -0.1) is 0 Å². The Balaban J connectivity index is 2.13. The van der Waals surface area contributed by atoms with Gasteiger partial charge in [-0.3, -0.25) is 14.7 Å². The zero-order chi connectivity index (χ0) is 15.5. The van der Waals surface area contributed by atoms with E-state index in [0.717, 1.165) is 6.42 Å². The fourth-order valence-electron chi connectivity index (χ4n) is 2.28. The molecule has 2 N–H and O–H groups in total. The molecule has 0 aliphatic rings. The summed E-state index contributed by atoms with van der Waals surface area (Å²) in [7, 11) is 0. The Hall–Kier alpha value is -2.96. The second-order valence-electron chi connectivity index (χ2n) is 4.86. The molecular weight excluding hydrogens is 282 g/mol. The van der Waals surface area contributed by atoms with Crippen molar-refractivity contribution < 1.29 is 4.79 Å². The first-order valence-electron chi connectivity index (χ1n) is 7.00. The number of fused-ring (bicyclic) bond motifs is 1. The Morgan fingerprint density at radius 3 is 2.77 bits per heavy atom. The van der Waals surface area contributed by atoms with Gasteiger partial charge in [-0.1, -0.05) is 25.1 Å². The van der Waals surface area contributed by atoms with Crippen LogP contribution >= 0.6 is 0 Å². The summed E-state index contributed by atoms with van der Waals surface area (Å²) in [5.74, 6) is -0.373. The minimum Gasteiger partial charge on any atom is -0.318 e. The lowest BCUT2D eigenvalue weighted by Gasteiger charge is -2.10. The number of carbonyl (C=O) groups is 1. The van der Waals surface area contributed by atoms with Crippen LogP contribution in [0.3, 0.4) is 0 Å². The standard InChI is InChI=1S/C15H15N5O2/c1-2-7-20-15(22)12-6-4-3-5-11(12)13(19-20)14(21)18-10-8-16-17-9-10/h3-6,8-9H,2,7H2,1H3,(H,16,17)(H,18,21). The number of aryl methyl sites for hydroxylation is 1. The van der Waals surface area contributed by atoms with E-state index in [4.69, 9.17) is 0 Å². The van der Waals surface area contributed by atoms with Crippen LogP contribution in [0.1, 0.15) is 23.8 Å². The third-order valence-electron chi connectivity index (χ3n) is 3.27. The van der Waals surface area contributed by atoms with Crippen LogP contribution in [0, 0.1) is 0 Å². The maximum atomic E-state index is 12.5. The first-order chi connectivity index (χ1) is 10.7. The highest BCUT2D eigenvalue weighted by Gasteiger charge is 2.16. The van der Waals surface area contributed by atoms with Gasteiger partial charge in [-0.2, -0.15) is 10.2 Å². The van der Waals surface area contributed by atoms with Gasteiger partial charge in [0.15, 0.2) is 5.69 Å². The molecule has 7 heteroatoms. The van der Waals surface area contributed by atoms with Gasteiger partial charge in [0.2, 0.25) is 0 Å². The normalized spacial score (nSPS) is 10.8. The van der Waals surface area contributed by atoms with Crippen LogP contribution in [0.2, 0.25) is 0 Å². The molecule has 0 unspecified atom stereocenters. The molecule has 0 fully saturated rings. The van der Waals surface area contributed by atoms with E-state index in [1.807, 2.05) is 6.92 Å². The SMILES string of the molecule is CCCn1nc(C(=O)Nc2cn[nH]c2)c2ccccc2c1=O. The van der Waals surface area contributed by atoms with Crippen molar-refractivity contribution in [1.82, 2.24) is 20.0 Å². The van der Waals surface area contributed by atoms with Gasteiger partial charge in [-0.05, 0) is 12.5 Å². The smallest absolute Gasteiger partial charge is 0.276 e. The predicted octanol–water partition coefficient (Wildman–Crippen LogP) is 1.78. The second-order valence-corrected chi connectivity index (χ2v) is 4.86. The van der Waals surface area contributed by atoms with Crippen LogP contribution in [0.25, 0.3) is 10.8 Å². The number of H-pyrrole nitrogens is 1. The number of anilines is 1. The number of nitrogens with one attached hydrogen (secondary N) is 2. The van der Waals surface area contributed by atoms with Crippen molar-refractivity contribution in [3.63, 3.8) is 0 Å². The molecular formula is C15H15N5O2. The van der Waals surface area contributed by atoms with E-state index in [2.05, 4.69) is 20.6 Å². The number of hydrogen-bond acceptors (Lipinski definition) is 4. The fourth-order valence-corrected chi connectivity index (χ4v) is 2.28. The van der Waals surface area contributed by atoms with Crippen molar-refractivity contribution in [1.29, 1.82) is 0 Å². The fraction of sp³-hybridized carbons (Fsp3) is 0.200. The highest BCUT2D eigenvalue weighted by Crippen LogP contribution is 2.15. The van der Waals surface area contributed by atoms with Crippen LogP contribution in [0.15, 0.2) is 41.5 Å². The largest absolute Gasteiger partial charge is 0.318 e. The van der Waals surface area contributed by atoms with E-state index in [1.54, 1.807) is 30.5 Å². The molecule has 0 spiro atoms. The molecule has 0 bridgehead atoms. The van der Waals surface area contributed by atoms with Gasteiger partial charge in [0.05, 0.1) is 17.3 Å². The van der Waals surface area contributed by atoms with E-state index in [9.17, 15) is 9.59 Å². The monoisotopic (exact) mass is 297 g/mol. The Kier molecular flexibility index (Phi) is 3.69. The number of amides is 1. The number of nitrogens with zero attached hydrogens (tertiary/aromatic N) is 3. The molecule has 2 aromatic heterocycles. The zero-order valence-electron chi connectivity index (χ0n) is 12.0. The summed E-state index contributed by atoms with van der Waals surface area (Å²) >= 11 is 0. The number of aromatic amines is 1. The molecule has 1 amide bonds. The average Bonchev–Trinajstić information content (AvgIpc) is 3.03. The molecule has 7 nitrogen and oxygen atoms in total. The third kappa shape index (κ3) is 2.48. The summed E-state index contributed by atoms with van der Waals surface area (Å²) in [6.45, 7) is 2.42. The van der Waals surface area contributed by atoms with Gasteiger partial charge in [0, 0.05) is 18.1 Å². The molecule has 112 valence electrons. The Morgan fingerprint density at radius 1 is 1.32 bits per heavy atom. The minimum atomic E-state index is -0.373. The van der Waals surface area contributed by atoms with Crippen molar-refractivity contribution in [3.05, 3.63) is 52.7 Å². The van der Waals surface area contributed by atoms with Gasteiger partial charge in [0.1, 0.15) is 0 Å². The molecule has 0 saturated heterocycles. The van der Waals surface area contributed by atoms with Crippen LogP contribution in [0.5, 0.6) is 0 Å². The van der Waals surface area contributed by atoms with Crippen molar-refractivity contribution in [2.45, 2.75) is 19.9 Å². The quantitative estimate of drug-likeness (QED) is 0.767. The van der Waals surface area contributed by atoms with E-state index < -0.39 is 0 Å². The van der Waals surface area contributed by atoms with E-state index in [1.165, 1.54) is 10.9 Å². The van der Waals surface area contributed by atoms with Crippen molar-refractivity contribution in [2.75, 3.05) is 5.32 Å². The molecule has 1 aromatic carbocycles.